The van der Waals surface area contributed by atoms with Crippen LogP contribution < -0.4 is 10.5 Å². The number of rotatable bonds is 4. The molecule has 0 saturated carbocycles. The van der Waals surface area contributed by atoms with Crippen LogP contribution in [0.3, 0.4) is 0 Å². The fourth-order valence-electron chi connectivity index (χ4n) is 2.24. The number of carbonyl (C=O) groups is 2. The maximum Gasteiger partial charge on any atom is 0.260 e. The van der Waals surface area contributed by atoms with E-state index in [-0.39, 0.29) is 18.3 Å². The number of carbonyl (C=O) groups excluding carboxylic acids is 2. The van der Waals surface area contributed by atoms with Crippen molar-refractivity contribution in [3.8, 4) is 5.75 Å². The summed E-state index contributed by atoms with van der Waals surface area (Å²) in [7, 11) is 2.03. The van der Waals surface area contributed by atoms with Gasteiger partial charge >= 0.3 is 0 Å². The van der Waals surface area contributed by atoms with Gasteiger partial charge < -0.3 is 20.3 Å². The number of nitrogens with two attached hydrogens (primary N) is 1. The Morgan fingerprint density at radius 3 is 2.52 bits per heavy atom. The molecule has 1 aromatic carbocycles. The molecule has 114 valence electrons. The summed E-state index contributed by atoms with van der Waals surface area (Å²) in [6.07, 6.45) is 0. The molecule has 21 heavy (non-hydrogen) atoms. The molecule has 1 heterocycles. The first kappa shape index (κ1) is 15.3. The molecule has 0 bridgehead atoms. The van der Waals surface area contributed by atoms with Crippen molar-refractivity contribution in [1.82, 2.24) is 9.80 Å². The van der Waals surface area contributed by atoms with Crippen molar-refractivity contribution in [2.75, 3.05) is 45.6 Å². The largest absolute Gasteiger partial charge is 0.483 e. The maximum absolute atomic E-state index is 12.1. The highest BCUT2D eigenvalue weighted by Gasteiger charge is 2.20. The Balaban J connectivity index is 1.96. The third kappa shape index (κ3) is 3.95. The van der Waals surface area contributed by atoms with E-state index in [1.54, 1.807) is 23.1 Å². The van der Waals surface area contributed by atoms with E-state index < -0.39 is 0 Å². The number of piperazine rings is 1. The third-order valence-corrected chi connectivity index (χ3v) is 3.59. The predicted octanol–water partition coefficient (Wildman–Crippen LogP) is 0.624. The monoisotopic (exact) mass is 291 g/mol. The van der Waals surface area contributed by atoms with Gasteiger partial charge in [-0.2, -0.15) is 0 Å². The van der Waals surface area contributed by atoms with E-state index in [0.29, 0.717) is 30.1 Å². The fraction of sp³-hybridized carbons (Fsp3) is 0.467. The van der Waals surface area contributed by atoms with E-state index >= 15 is 0 Å². The maximum atomic E-state index is 12.1. The van der Waals surface area contributed by atoms with Crippen LogP contribution in [0.2, 0.25) is 0 Å². The third-order valence-electron chi connectivity index (χ3n) is 3.59. The van der Waals surface area contributed by atoms with Crippen molar-refractivity contribution in [2.24, 2.45) is 0 Å². The van der Waals surface area contributed by atoms with Crippen molar-refractivity contribution >= 4 is 17.4 Å². The van der Waals surface area contributed by atoms with Crippen molar-refractivity contribution in [3.05, 3.63) is 23.8 Å². The van der Waals surface area contributed by atoms with Gasteiger partial charge in [-0.25, -0.2) is 0 Å². The average molecular weight is 291 g/mol. The molecule has 0 aliphatic carbocycles. The smallest absolute Gasteiger partial charge is 0.260 e. The number of hydrogen-bond acceptors (Lipinski definition) is 5. The lowest BCUT2D eigenvalue weighted by Gasteiger charge is -2.32. The minimum absolute atomic E-state index is 0.0607. The number of ketones is 1. The standard InChI is InChI=1S/C15H21N3O3/c1-11(19)13-9-12(16)3-4-14(13)21-10-15(20)18-7-5-17(2)6-8-18/h3-4,9H,5-8,10,16H2,1-2H3. The molecule has 1 aliphatic rings. The highest BCUT2D eigenvalue weighted by molar-refractivity contribution is 5.97. The SMILES string of the molecule is CC(=O)c1cc(N)ccc1OCC(=O)N1CCN(C)CC1. The van der Waals surface area contributed by atoms with Gasteiger partial charge in [0.25, 0.3) is 5.91 Å². The number of ether oxygens (including phenoxy) is 1. The summed E-state index contributed by atoms with van der Waals surface area (Å²) in [5.41, 5.74) is 6.57. The Kier molecular flexibility index (Phi) is 4.80. The topological polar surface area (TPSA) is 75.9 Å². The number of anilines is 1. The number of benzene rings is 1. The Morgan fingerprint density at radius 1 is 1.24 bits per heavy atom. The molecule has 1 saturated heterocycles. The average Bonchev–Trinajstić information content (AvgIpc) is 2.46. The van der Waals surface area contributed by atoms with Gasteiger partial charge in [0.2, 0.25) is 0 Å². The number of hydrogen-bond donors (Lipinski definition) is 1. The summed E-state index contributed by atoms with van der Waals surface area (Å²) < 4.78 is 5.51. The lowest BCUT2D eigenvalue weighted by Crippen LogP contribution is -2.48. The molecule has 0 unspecified atom stereocenters. The van der Waals surface area contributed by atoms with Crippen LogP contribution in [0.5, 0.6) is 5.75 Å². The highest BCUT2D eigenvalue weighted by Crippen LogP contribution is 2.22. The summed E-state index contributed by atoms with van der Waals surface area (Å²) in [6.45, 7) is 4.54. The van der Waals surface area contributed by atoms with Crippen LogP contribution in [-0.2, 0) is 4.79 Å². The molecule has 0 atom stereocenters. The second-order valence-electron chi connectivity index (χ2n) is 5.28. The van der Waals surface area contributed by atoms with Crippen LogP contribution in [0.1, 0.15) is 17.3 Å². The van der Waals surface area contributed by atoms with Crippen LogP contribution in [-0.4, -0.2) is 61.3 Å². The van der Waals surface area contributed by atoms with E-state index in [2.05, 4.69) is 4.90 Å². The Morgan fingerprint density at radius 2 is 1.90 bits per heavy atom. The van der Waals surface area contributed by atoms with Gasteiger partial charge in [-0.3, -0.25) is 9.59 Å². The highest BCUT2D eigenvalue weighted by atomic mass is 16.5. The predicted molar refractivity (Wildman–Crippen MR) is 80.4 cm³/mol. The van der Waals surface area contributed by atoms with E-state index in [1.807, 2.05) is 7.05 Å². The first-order valence-corrected chi connectivity index (χ1v) is 6.97. The number of likely N-dealkylation sites (N-methyl/N-ethyl adjacent to an activating group) is 1. The number of nitrogens with zero attached hydrogens (tertiary/aromatic N) is 2. The molecule has 2 N–H and O–H groups in total. The summed E-state index contributed by atoms with van der Waals surface area (Å²) in [4.78, 5) is 27.6. The molecule has 6 nitrogen and oxygen atoms in total. The minimum atomic E-state index is -0.135. The van der Waals surface area contributed by atoms with Gasteiger partial charge in [-0.1, -0.05) is 0 Å². The molecule has 0 spiro atoms. The van der Waals surface area contributed by atoms with E-state index in [0.717, 1.165) is 13.1 Å². The number of Topliss-reactive ketones (excluding diaryl/α,β-unsaturated/α-hetero) is 1. The molecular weight excluding hydrogens is 270 g/mol. The Labute approximate surface area is 124 Å². The molecule has 1 aliphatic heterocycles. The number of nitrogen functional groups attached to an aromatic ring is 1. The normalized spacial score (nSPS) is 15.8. The second-order valence-corrected chi connectivity index (χ2v) is 5.28. The summed E-state index contributed by atoms with van der Waals surface area (Å²) in [5, 5.41) is 0. The van der Waals surface area contributed by atoms with Crippen molar-refractivity contribution < 1.29 is 14.3 Å². The van der Waals surface area contributed by atoms with Crippen LogP contribution in [0.25, 0.3) is 0 Å². The van der Waals surface area contributed by atoms with Crippen LogP contribution in [0.4, 0.5) is 5.69 Å². The van der Waals surface area contributed by atoms with Gasteiger partial charge in [0.1, 0.15) is 5.75 Å². The van der Waals surface area contributed by atoms with Crippen molar-refractivity contribution in [1.29, 1.82) is 0 Å². The molecule has 1 aromatic rings. The first-order valence-electron chi connectivity index (χ1n) is 6.97. The molecule has 1 amide bonds. The number of amides is 1. The van der Waals surface area contributed by atoms with Crippen LogP contribution >= 0.6 is 0 Å². The summed E-state index contributed by atoms with van der Waals surface area (Å²) >= 11 is 0. The van der Waals surface area contributed by atoms with Gasteiger partial charge in [-0.05, 0) is 32.2 Å². The lowest BCUT2D eigenvalue weighted by molar-refractivity contribution is -0.134. The quantitative estimate of drug-likeness (QED) is 0.650. The molecule has 0 radical (unpaired) electrons. The molecule has 2 rings (SSSR count). The fourth-order valence-corrected chi connectivity index (χ4v) is 2.24. The zero-order valence-corrected chi connectivity index (χ0v) is 12.5. The van der Waals surface area contributed by atoms with Crippen molar-refractivity contribution in [3.63, 3.8) is 0 Å². The molecule has 1 fully saturated rings. The van der Waals surface area contributed by atoms with Gasteiger partial charge in [0.15, 0.2) is 12.4 Å². The lowest BCUT2D eigenvalue weighted by atomic mass is 10.1. The Hall–Kier alpha value is -2.08. The molecular formula is C15H21N3O3. The van der Waals surface area contributed by atoms with Gasteiger partial charge in [0.05, 0.1) is 5.56 Å². The second kappa shape index (κ2) is 6.58. The summed E-state index contributed by atoms with van der Waals surface area (Å²) in [6, 6.07) is 4.85. The zero-order valence-electron chi connectivity index (χ0n) is 12.5. The van der Waals surface area contributed by atoms with Crippen molar-refractivity contribution in [2.45, 2.75) is 6.92 Å². The Bertz CT molecular complexity index is 537. The van der Waals surface area contributed by atoms with Gasteiger partial charge in [-0.15, -0.1) is 0 Å². The minimum Gasteiger partial charge on any atom is -0.483 e. The molecule has 0 aromatic heterocycles. The van der Waals surface area contributed by atoms with Crippen LogP contribution in [0.15, 0.2) is 18.2 Å². The van der Waals surface area contributed by atoms with Crippen LogP contribution in [0, 0.1) is 0 Å². The van der Waals surface area contributed by atoms with E-state index in [1.165, 1.54) is 6.92 Å². The van der Waals surface area contributed by atoms with Gasteiger partial charge in [0, 0.05) is 31.9 Å². The summed E-state index contributed by atoms with van der Waals surface area (Å²) in [5.74, 6) is 0.206. The zero-order chi connectivity index (χ0) is 15.4. The van der Waals surface area contributed by atoms with E-state index in [4.69, 9.17) is 10.5 Å². The van der Waals surface area contributed by atoms with E-state index in [9.17, 15) is 9.59 Å². The first-order chi connectivity index (χ1) is 9.97. The molecule has 6 heteroatoms.